The van der Waals surface area contributed by atoms with Crippen LogP contribution < -0.4 is 10.2 Å². The molecule has 1 aromatic heterocycles. The van der Waals surface area contributed by atoms with E-state index >= 15 is 0 Å². The number of aliphatic hydroxyl groups is 7. The summed E-state index contributed by atoms with van der Waals surface area (Å²) in [5.41, 5.74) is -0.124. The van der Waals surface area contributed by atoms with Crippen molar-refractivity contribution in [3.63, 3.8) is 0 Å². The van der Waals surface area contributed by atoms with Crippen molar-refractivity contribution in [3.05, 3.63) is 58.4 Å². The quantitative estimate of drug-likeness (QED) is 0.182. The molecule has 8 N–H and O–H groups in total. The van der Waals surface area contributed by atoms with Gasteiger partial charge in [0, 0.05) is 0 Å². The number of fused-ring (bicyclic) bond motifs is 1. The van der Waals surface area contributed by atoms with Crippen LogP contribution in [0.1, 0.15) is 11.7 Å². The molecule has 0 unspecified atom stereocenters. The van der Waals surface area contributed by atoms with Crippen molar-refractivity contribution in [1.82, 2.24) is 0 Å². The van der Waals surface area contributed by atoms with Crippen LogP contribution in [0.5, 0.6) is 11.5 Å². The number of phenols is 1. The minimum absolute atomic E-state index is 0.000350. The van der Waals surface area contributed by atoms with Gasteiger partial charge in [-0.15, -0.1) is 0 Å². The maximum absolute atomic E-state index is 13.5. The Balaban J connectivity index is 1.65. The van der Waals surface area contributed by atoms with Crippen molar-refractivity contribution in [2.24, 2.45) is 0 Å². The first-order chi connectivity index (χ1) is 18.6. The summed E-state index contributed by atoms with van der Waals surface area (Å²) in [6, 6.07) is 8.50. The van der Waals surface area contributed by atoms with Gasteiger partial charge in [0.05, 0.1) is 29.7 Å². The largest absolute Gasteiger partial charge is 0.508 e. The second-order valence-corrected chi connectivity index (χ2v) is 9.50. The Morgan fingerprint density at radius 1 is 0.872 bits per heavy atom. The first-order valence-corrected chi connectivity index (χ1v) is 12.1. The van der Waals surface area contributed by atoms with Crippen LogP contribution in [-0.4, -0.2) is 103 Å². The molecule has 0 saturated carbocycles. The molecule has 2 aromatic carbocycles. The predicted molar refractivity (Wildman–Crippen MR) is 131 cm³/mol. The fourth-order valence-electron chi connectivity index (χ4n) is 4.76. The van der Waals surface area contributed by atoms with Gasteiger partial charge in [-0.25, -0.2) is 0 Å². The zero-order valence-corrected chi connectivity index (χ0v) is 20.3. The number of rotatable bonds is 5. The molecule has 0 amide bonds. The molecule has 210 valence electrons. The molecule has 2 fully saturated rings. The minimum atomic E-state index is -1.78. The van der Waals surface area contributed by atoms with Crippen molar-refractivity contribution in [1.29, 1.82) is 0 Å². The van der Waals surface area contributed by atoms with Crippen LogP contribution in [-0.2, 0) is 9.47 Å². The molecular formula is C26H28O13. The Kier molecular flexibility index (Phi) is 7.61. The molecule has 9 atom stereocenters. The topological polar surface area (TPSA) is 220 Å². The molecule has 3 heterocycles. The molecule has 2 aliphatic heterocycles. The second-order valence-electron chi connectivity index (χ2n) is 9.50. The van der Waals surface area contributed by atoms with Crippen LogP contribution in [0.15, 0.2) is 51.9 Å². The van der Waals surface area contributed by atoms with Gasteiger partial charge in [-0.3, -0.25) is 4.79 Å². The van der Waals surface area contributed by atoms with E-state index in [-0.39, 0.29) is 40.2 Å². The Labute approximate surface area is 220 Å². The molecule has 3 aromatic rings. The van der Waals surface area contributed by atoms with Gasteiger partial charge in [-0.05, 0) is 29.8 Å². The molecule has 5 rings (SSSR count). The highest BCUT2D eigenvalue weighted by Crippen LogP contribution is 2.42. The Morgan fingerprint density at radius 3 is 2.28 bits per heavy atom. The van der Waals surface area contributed by atoms with E-state index < -0.39 is 67.2 Å². The van der Waals surface area contributed by atoms with Gasteiger partial charge < -0.3 is 59.5 Å². The van der Waals surface area contributed by atoms with Crippen LogP contribution in [0.4, 0.5) is 0 Å². The van der Waals surface area contributed by atoms with E-state index in [4.69, 9.17) is 18.6 Å². The average Bonchev–Trinajstić information content (AvgIpc) is 2.93. The third-order valence-corrected chi connectivity index (χ3v) is 6.99. The van der Waals surface area contributed by atoms with E-state index in [0.717, 1.165) is 6.26 Å². The molecule has 0 aliphatic carbocycles. The Morgan fingerprint density at radius 2 is 1.59 bits per heavy atom. The van der Waals surface area contributed by atoms with Gasteiger partial charge in [-0.2, -0.15) is 0 Å². The van der Waals surface area contributed by atoms with E-state index in [1.165, 1.54) is 36.4 Å². The number of ether oxygens (including phenoxy) is 3. The van der Waals surface area contributed by atoms with E-state index in [1.54, 1.807) is 0 Å². The van der Waals surface area contributed by atoms with Gasteiger partial charge in [0.2, 0.25) is 11.7 Å². The SMILES string of the molecule is O=c1c(-c2ccc(O)cc2)coc2c([C@@H]3O[C@H](CO)[C@@H](O)[C@H](O)[C@H]3O)c(O[C@@H]3OC[C@@H](O)[C@H](O)[C@H]3O)ccc12. The van der Waals surface area contributed by atoms with Gasteiger partial charge in [0.15, 0.2) is 0 Å². The summed E-state index contributed by atoms with van der Waals surface area (Å²) < 4.78 is 22.7. The highest BCUT2D eigenvalue weighted by Gasteiger charge is 2.47. The van der Waals surface area contributed by atoms with Crippen molar-refractivity contribution < 1.29 is 59.5 Å². The highest BCUT2D eigenvalue weighted by atomic mass is 16.7. The fraction of sp³-hybridized carbons (Fsp3) is 0.423. The van der Waals surface area contributed by atoms with Gasteiger partial charge in [-0.1, -0.05) is 12.1 Å². The normalized spacial score (nSPS) is 33.3. The smallest absolute Gasteiger partial charge is 0.228 e. The lowest BCUT2D eigenvalue weighted by molar-refractivity contribution is -0.244. The van der Waals surface area contributed by atoms with Crippen molar-refractivity contribution in [3.8, 4) is 22.6 Å². The molecule has 2 aliphatic rings. The second kappa shape index (κ2) is 10.8. The van der Waals surface area contributed by atoms with Crippen molar-refractivity contribution in [2.45, 2.75) is 55.1 Å². The summed E-state index contributed by atoms with van der Waals surface area (Å²) in [4.78, 5) is 13.5. The predicted octanol–water partition coefficient (Wildman–Crippen LogP) is -1.50. The molecule has 0 spiro atoms. The lowest BCUT2D eigenvalue weighted by atomic mass is 9.89. The molecular weight excluding hydrogens is 520 g/mol. The molecule has 0 radical (unpaired) electrons. The van der Waals surface area contributed by atoms with Crippen LogP contribution in [0.25, 0.3) is 22.1 Å². The molecule has 39 heavy (non-hydrogen) atoms. The van der Waals surface area contributed by atoms with Crippen LogP contribution in [0.3, 0.4) is 0 Å². The third-order valence-electron chi connectivity index (χ3n) is 6.99. The van der Waals surface area contributed by atoms with E-state index in [9.17, 15) is 45.6 Å². The summed E-state index contributed by atoms with van der Waals surface area (Å²) in [6.45, 7) is -1.08. The van der Waals surface area contributed by atoms with Gasteiger partial charge in [0.1, 0.15) is 72.2 Å². The van der Waals surface area contributed by atoms with Crippen molar-refractivity contribution >= 4 is 11.0 Å². The van der Waals surface area contributed by atoms with E-state index in [1.807, 2.05) is 0 Å². The average molecular weight is 548 g/mol. The maximum Gasteiger partial charge on any atom is 0.228 e. The van der Waals surface area contributed by atoms with Gasteiger partial charge >= 0.3 is 0 Å². The van der Waals surface area contributed by atoms with Crippen LogP contribution in [0.2, 0.25) is 0 Å². The summed E-state index contributed by atoms with van der Waals surface area (Å²) in [5.74, 6) is -0.139. The van der Waals surface area contributed by atoms with Crippen LogP contribution in [0, 0.1) is 0 Å². The number of benzene rings is 2. The zero-order chi connectivity index (χ0) is 28.0. The fourth-order valence-corrected chi connectivity index (χ4v) is 4.76. The number of aliphatic hydroxyl groups excluding tert-OH is 7. The Bertz CT molecular complexity index is 1370. The number of phenolic OH excluding ortho intramolecular Hbond substituents is 1. The summed E-state index contributed by atoms with van der Waals surface area (Å²) in [5, 5.41) is 81.0. The first kappa shape index (κ1) is 27.5. The third kappa shape index (κ3) is 4.89. The standard InChI is InChI=1S/C26H28O13/c27-7-16-20(32)21(33)22(34)25(38-16)17-15(39-26-23(35)19(31)14(29)9-37-26)6-5-12-18(30)13(8-36-24(12)17)10-1-3-11(28)4-2-10/h1-6,8,14,16,19-23,25-29,31-35H,7,9H2/t14-,16-,19+,20-,21+,22-,23-,25+,26+/m1/s1. The molecule has 2 saturated heterocycles. The highest BCUT2D eigenvalue weighted by molar-refractivity contribution is 5.86. The monoisotopic (exact) mass is 548 g/mol. The maximum atomic E-state index is 13.5. The number of hydrogen-bond donors (Lipinski definition) is 8. The lowest BCUT2D eigenvalue weighted by Gasteiger charge is -2.41. The molecule has 13 nitrogen and oxygen atoms in total. The minimum Gasteiger partial charge on any atom is -0.508 e. The van der Waals surface area contributed by atoms with Crippen LogP contribution >= 0.6 is 0 Å². The summed E-state index contributed by atoms with van der Waals surface area (Å²) in [6.07, 6.45) is -13.0. The number of hydrogen-bond acceptors (Lipinski definition) is 13. The van der Waals surface area contributed by atoms with Crippen molar-refractivity contribution in [2.75, 3.05) is 13.2 Å². The Hall–Kier alpha value is -3.11. The summed E-state index contributed by atoms with van der Waals surface area (Å²) in [7, 11) is 0. The van der Waals surface area contributed by atoms with Gasteiger partial charge in [0.25, 0.3) is 0 Å². The number of aromatic hydroxyl groups is 1. The zero-order valence-electron chi connectivity index (χ0n) is 20.3. The molecule has 13 heteroatoms. The molecule has 0 bridgehead atoms. The summed E-state index contributed by atoms with van der Waals surface area (Å²) >= 11 is 0. The first-order valence-electron chi connectivity index (χ1n) is 12.1. The van der Waals surface area contributed by atoms with E-state index in [0.29, 0.717) is 5.56 Å². The van der Waals surface area contributed by atoms with E-state index in [2.05, 4.69) is 0 Å². The lowest BCUT2D eigenvalue weighted by Crippen LogP contribution is -2.56.